The second kappa shape index (κ2) is 5.25. The summed E-state index contributed by atoms with van der Waals surface area (Å²) >= 11 is 1.54. The van der Waals surface area contributed by atoms with Gasteiger partial charge < -0.3 is 10.1 Å². The number of aryl methyl sites for hydroxylation is 1. The summed E-state index contributed by atoms with van der Waals surface area (Å²) in [5.74, 6) is 0. The van der Waals surface area contributed by atoms with Gasteiger partial charge in [0.15, 0.2) is 0 Å². The van der Waals surface area contributed by atoms with E-state index in [2.05, 4.69) is 15.5 Å². The van der Waals surface area contributed by atoms with Crippen molar-refractivity contribution in [3.63, 3.8) is 0 Å². The molecule has 1 amide bonds. The fourth-order valence-corrected chi connectivity index (χ4v) is 1.73. The molecule has 0 saturated heterocycles. The summed E-state index contributed by atoms with van der Waals surface area (Å²) in [6.45, 7) is 7.92. The van der Waals surface area contributed by atoms with Gasteiger partial charge in [-0.1, -0.05) is 0 Å². The Bertz CT molecular complexity index is 357. The van der Waals surface area contributed by atoms with Gasteiger partial charge in [0.2, 0.25) is 0 Å². The van der Waals surface area contributed by atoms with Crippen molar-refractivity contribution in [2.24, 2.45) is 0 Å². The lowest BCUT2D eigenvalue weighted by atomic mass is 10.2. The van der Waals surface area contributed by atoms with Crippen LogP contribution in [0.1, 0.15) is 30.8 Å². The molecule has 1 aromatic rings. The van der Waals surface area contributed by atoms with Gasteiger partial charge in [0, 0.05) is 13.0 Å². The zero-order chi connectivity index (χ0) is 12.2. The van der Waals surface area contributed by atoms with Crippen molar-refractivity contribution < 1.29 is 9.53 Å². The summed E-state index contributed by atoms with van der Waals surface area (Å²) in [6.07, 6.45) is 0.291. The number of rotatable bonds is 3. The largest absolute Gasteiger partial charge is 0.444 e. The SMILES string of the molecule is Cc1nnc(CCNC(=O)OC(C)(C)C)s1. The molecule has 90 valence electrons. The molecule has 6 heteroatoms. The predicted octanol–water partition coefficient (Wildman–Crippen LogP) is 1.91. The van der Waals surface area contributed by atoms with Gasteiger partial charge in [0.05, 0.1) is 0 Å². The van der Waals surface area contributed by atoms with Crippen LogP contribution in [0.25, 0.3) is 0 Å². The maximum atomic E-state index is 11.3. The van der Waals surface area contributed by atoms with Crippen LogP contribution in [0, 0.1) is 6.92 Å². The van der Waals surface area contributed by atoms with Crippen molar-refractivity contribution in [2.45, 2.75) is 39.7 Å². The Labute approximate surface area is 99.2 Å². The topological polar surface area (TPSA) is 64.1 Å². The monoisotopic (exact) mass is 243 g/mol. The number of hydrogen-bond acceptors (Lipinski definition) is 5. The Morgan fingerprint density at radius 1 is 1.44 bits per heavy atom. The minimum absolute atomic E-state index is 0.395. The van der Waals surface area contributed by atoms with Crippen molar-refractivity contribution in [2.75, 3.05) is 6.54 Å². The number of carbonyl (C=O) groups is 1. The predicted molar refractivity (Wildman–Crippen MR) is 62.6 cm³/mol. The first-order valence-corrected chi connectivity index (χ1v) is 5.94. The summed E-state index contributed by atoms with van der Waals surface area (Å²) < 4.78 is 5.10. The molecule has 0 aliphatic carbocycles. The molecule has 1 rings (SSSR count). The zero-order valence-corrected chi connectivity index (χ0v) is 10.8. The zero-order valence-electron chi connectivity index (χ0n) is 10.0. The van der Waals surface area contributed by atoms with E-state index in [0.717, 1.165) is 10.0 Å². The Kier molecular flexibility index (Phi) is 4.23. The van der Waals surface area contributed by atoms with Crippen LogP contribution in [0.15, 0.2) is 0 Å². The molecule has 0 aliphatic rings. The molecule has 0 atom stereocenters. The third-order valence-corrected chi connectivity index (χ3v) is 2.47. The fourth-order valence-electron chi connectivity index (χ4n) is 1.02. The Balaban J connectivity index is 2.23. The molecule has 0 aromatic carbocycles. The van der Waals surface area contributed by atoms with Gasteiger partial charge in [-0.25, -0.2) is 4.79 Å². The second-order valence-corrected chi connectivity index (χ2v) is 5.66. The van der Waals surface area contributed by atoms with Crippen molar-refractivity contribution >= 4 is 17.4 Å². The maximum absolute atomic E-state index is 11.3. The first-order valence-electron chi connectivity index (χ1n) is 5.12. The van der Waals surface area contributed by atoms with Crippen molar-refractivity contribution in [1.29, 1.82) is 0 Å². The Morgan fingerprint density at radius 3 is 2.62 bits per heavy atom. The van der Waals surface area contributed by atoms with Gasteiger partial charge in [0.25, 0.3) is 0 Å². The van der Waals surface area contributed by atoms with Crippen LogP contribution >= 0.6 is 11.3 Å². The molecule has 0 spiro atoms. The minimum atomic E-state index is -0.455. The van der Waals surface area contributed by atoms with Crippen LogP contribution in [-0.4, -0.2) is 28.4 Å². The summed E-state index contributed by atoms with van der Waals surface area (Å²) in [7, 11) is 0. The number of alkyl carbamates (subject to hydrolysis) is 1. The molecule has 0 fully saturated rings. The Morgan fingerprint density at radius 2 is 2.12 bits per heavy atom. The molecule has 5 nitrogen and oxygen atoms in total. The van der Waals surface area contributed by atoms with Crippen LogP contribution < -0.4 is 5.32 Å². The lowest BCUT2D eigenvalue weighted by Gasteiger charge is -2.19. The van der Waals surface area contributed by atoms with E-state index in [1.807, 2.05) is 27.7 Å². The lowest BCUT2D eigenvalue weighted by molar-refractivity contribution is 0.0528. The van der Waals surface area contributed by atoms with E-state index in [0.29, 0.717) is 13.0 Å². The third kappa shape index (κ3) is 5.06. The van der Waals surface area contributed by atoms with Gasteiger partial charge in [-0.3, -0.25) is 0 Å². The van der Waals surface area contributed by atoms with Gasteiger partial charge in [-0.05, 0) is 27.7 Å². The number of ether oxygens (including phenoxy) is 1. The molecule has 0 saturated carbocycles. The van der Waals surface area contributed by atoms with Crippen LogP contribution in [0.3, 0.4) is 0 Å². The van der Waals surface area contributed by atoms with Crippen LogP contribution in [-0.2, 0) is 11.2 Å². The average molecular weight is 243 g/mol. The molecule has 16 heavy (non-hydrogen) atoms. The smallest absolute Gasteiger partial charge is 0.407 e. The van der Waals surface area contributed by atoms with Crippen LogP contribution in [0.2, 0.25) is 0 Å². The lowest BCUT2D eigenvalue weighted by Crippen LogP contribution is -2.33. The van der Waals surface area contributed by atoms with E-state index in [1.54, 1.807) is 0 Å². The van der Waals surface area contributed by atoms with E-state index >= 15 is 0 Å². The van der Waals surface area contributed by atoms with Crippen molar-refractivity contribution in [1.82, 2.24) is 15.5 Å². The van der Waals surface area contributed by atoms with Gasteiger partial charge >= 0.3 is 6.09 Å². The van der Waals surface area contributed by atoms with Gasteiger partial charge in [-0.2, -0.15) is 0 Å². The first-order chi connectivity index (χ1) is 7.37. The average Bonchev–Trinajstić information content (AvgIpc) is 2.48. The second-order valence-electron chi connectivity index (χ2n) is 4.39. The molecule has 0 aliphatic heterocycles. The van der Waals surface area contributed by atoms with Crippen LogP contribution in [0.5, 0.6) is 0 Å². The summed E-state index contributed by atoms with van der Waals surface area (Å²) in [4.78, 5) is 11.3. The van der Waals surface area contributed by atoms with E-state index in [4.69, 9.17) is 4.74 Å². The maximum Gasteiger partial charge on any atom is 0.407 e. The summed E-state index contributed by atoms with van der Waals surface area (Å²) in [6, 6.07) is 0. The highest BCUT2D eigenvalue weighted by atomic mass is 32.1. The quantitative estimate of drug-likeness (QED) is 0.880. The van der Waals surface area contributed by atoms with E-state index in [9.17, 15) is 4.79 Å². The molecule has 1 heterocycles. The number of amides is 1. The fraction of sp³-hybridized carbons (Fsp3) is 0.700. The van der Waals surface area contributed by atoms with E-state index in [1.165, 1.54) is 11.3 Å². The minimum Gasteiger partial charge on any atom is -0.444 e. The number of aromatic nitrogens is 2. The molecule has 0 unspecified atom stereocenters. The third-order valence-electron chi connectivity index (χ3n) is 1.57. The number of nitrogens with one attached hydrogen (secondary N) is 1. The molecule has 1 aromatic heterocycles. The highest BCUT2D eigenvalue weighted by Gasteiger charge is 2.15. The molecule has 0 bridgehead atoms. The standard InChI is InChI=1S/C10H17N3O2S/c1-7-12-13-8(16-7)5-6-11-9(14)15-10(2,3)4/h5-6H2,1-4H3,(H,11,14). The summed E-state index contributed by atoms with van der Waals surface area (Å²) in [5, 5.41) is 12.4. The van der Waals surface area contributed by atoms with Crippen molar-refractivity contribution in [3.8, 4) is 0 Å². The first kappa shape index (κ1) is 12.9. The normalized spacial score (nSPS) is 11.2. The van der Waals surface area contributed by atoms with E-state index in [-0.39, 0.29) is 0 Å². The highest BCUT2D eigenvalue weighted by molar-refractivity contribution is 7.11. The number of hydrogen-bond donors (Lipinski definition) is 1. The van der Waals surface area contributed by atoms with E-state index < -0.39 is 11.7 Å². The molecule has 0 radical (unpaired) electrons. The highest BCUT2D eigenvalue weighted by Crippen LogP contribution is 2.08. The molecular weight excluding hydrogens is 226 g/mol. The van der Waals surface area contributed by atoms with Gasteiger partial charge in [0.1, 0.15) is 15.6 Å². The van der Waals surface area contributed by atoms with Gasteiger partial charge in [-0.15, -0.1) is 21.5 Å². The number of carbonyl (C=O) groups excluding carboxylic acids is 1. The Hall–Kier alpha value is -1.17. The number of nitrogens with zero attached hydrogens (tertiary/aromatic N) is 2. The van der Waals surface area contributed by atoms with Crippen LogP contribution in [0.4, 0.5) is 4.79 Å². The molecular formula is C10H17N3O2S. The molecule has 1 N–H and O–H groups in total. The summed E-state index contributed by atoms with van der Waals surface area (Å²) in [5.41, 5.74) is -0.455. The van der Waals surface area contributed by atoms with Crippen molar-refractivity contribution in [3.05, 3.63) is 10.0 Å².